The lowest BCUT2D eigenvalue weighted by atomic mass is 10.1. The van der Waals surface area contributed by atoms with Crippen molar-refractivity contribution in [3.05, 3.63) is 29.6 Å². The number of rotatable bonds is 5. The second-order valence-electron chi connectivity index (χ2n) is 4.34. The van der Waals surface area contributed by atoms with Crippen LogP contribution in [0.1, 0.15) is 10.4 Å². The molecule has 0 aliphatic rings. The molecule has 0 aliphatic heterocycles. The molecule has 1 amide bonds. The molecule has 0 unspecified atom stereocenters. The van der Waals surface area contributed by atoms with Crippen LogP contribution >= 0.6 is 0 Å². The maximum absolute atomic E-state index is 13.5. The number of nitrogens with one attached hydrogen (secondary N) is 1. The summed E-state index contributed by atoms with van der Waals surface area (Å²) in [5, 5.41) is 0. The van der Waals surface area contributed by atoms with E-state index in [9.17, 15) is 9.18 Å². The number of hydrogen-bond acceptors (Lipinski definition) is 4. The van der Waals surface area contributed by atoms with E-state index in [-0.39, 0.29) is 17.2 Å². The van der Waals surface area contributed by atoms with Crippen molar-refractivity contribution in [1.29, 1.82) is 0 Å². The number of nitrogen functional groups attached to an aromatic ring is 1. The molecule has 0 spiro atoms. The number of likely N-dealkylation sites (N-methyl/N-ethyl adjacent to an activating group) is 2. The predicted molar refractivity (Wildman–Crippen MR) is 69.7 cm³/mol. The Morgan fingerprint density at radius 1 is 1.33 bits per heavy atom. The van der Waals surface area contributed by atoms with Crippen LogP contribution in [0, 0.1) is 5.82 Å². The number of para-hydroxylation sites is 1. The number of nitrogens with two attached hydrogens (primary N) is 1. The van der Waals surface area contributed by atoms with E-state index in [1.54, 1.807) is 13.1 Å². The van der Waals surface area contributed by atoms with Gasteiger partial charge in [-0.2, -0.15) is 0 Å². The number of hydrazine groups is 1. The predicted octanol–water partition coefficient (Wildman–Crippen LogP) is 0.745. The summed E-state index contributed by atoms with van der Waals surface area (Å²) >= 11 is 0. The molecular formula is C12H19FN4O. The number of hydrogen-bond donors (Lipinski definition) is 2. The molecule has 0 saturated heterocycles. The molecule has 5 nitrogen and oxygen atoms in total. The van der Waals surface area contributed by atoms with E-state index in [2.05, 4.69) is 5.43 Å². The first-order valence-electron chi connectivity index (χ1n) is 5.62. The van der Waals surface area contributed by atoms with Crippen LogP contribution in [0.25, 0.3) is 0 Å². The van der Waals surface area contributed by atoms with Crippen molar-refractivity contribution in [3.8, 4) is 0 Å². The van der Waals surface area contributed by atoms with Gasteiger partial charge in [-0.15, -0.1) is 0 Å². The third kappa shape index (κ3) is 3.41. The van der Waals surface area contributed by atoms with Crippen molar-refractivity contribution in [2.75, 3.05) is 39.7 Å². The van der Waals surface area contributed by atoms with Crippen LogP contribution in [0.2, 0.25) is 0 Å². The quantitative estimate of drug-likeness (QED) is 0.601. The summed E-state index contributed by atoms with van der Waals surface area (Å²) in [5.41, 5.74) is 2.49. The first kappa shape index (κ1) is 14.4. The average Bonchev–Trinajstić information content (AvgIpc) is 2.34. The summed E-state index contributed by atoms with van der Waals surface area (Å²) in [4.78, 5) is 15.6. The monoisotopic (exact) mass is 254 g/mol. The molecule has 0 heterocycles. The van der Waals surface area contributed by atoms with Gasteiger partial charge in [-0.05, 0) is 26.2 Å². The summed E-state index contributed by atoms with van der Waals surface area (Å²) in [6.07, 6.45) is 0. The molecule has 1 aromatic carbocycles. The zero-order chi connectivity index (χ0) is 13.7. The molecule has 18 heavy (non-hydrogen) atoms. The molecule has 1 rings (SSSR count). The van der Waals surface area contributed by atoms with E-state index in [0.29, 0.717) is 6.54 Å². The minimum Gasteiger partial charge on any atom is -0.340 e. The fourth-order valence-corrected chi connectivity index (χ4v) is 1.51. The van der Waals surface area contributed by atoms with Crippen molar-refractivity contribution in [1.82, 2.24) is 9.80 Å². The fraction of sp³-hybridized carbons (Fsp3) is 0.417. The number of carbonyl (C=O) groups is 1. The molecule has 0 bridgehead atoms. The second kappa shape index (κ2) is 6.32. The van der Waals surface area contributed by atoms with Gasteiger partial charge in [0.1, 0.15) is 5.82 Å². The van der Waals surface area contributed by atoms with E-state index in [0.717, 1.165) is 6.54 Å². The van der Waals surface area contributed by atoms with Crippen LogP contribution in [-0.2, 0) is 0 Å². The molecule has 6 heteroatoms. The van der Waals surface area contributed by atoms with E-state index < -0.39 is 5.82 Å². The van der Waals surface area contributed by atoms with E-state index >= 15 is 0 Å². The molecule has 1 aromatic rings. The van der Waals surface area contributed by atoms with Gasteiger partial charge in [0.15, 0.2) is 0 Å². The normalized spacial score (nSPS) is 10.6. The lowest BCUT2D eigenvalue weighted by Crippen LogP contribution is -2.34. The second-order valence-corrected chi connectivity index (χ2v) is 4.34. The summed E-state index contributed by atoms with van der Waals surface area (Å²) in [6.45, 7) is 1.30. The summed E-state index contributed by atoms with van der Waals surface area (Å²) in [7, 11) is 5.53. The number of carbonyl (C=O) groups excluding carboxylic acids is 1. The summed E-state index contributed by atoms with van der Waals surface area (Å²) < 4.78 is 13.5. The highest BCUT2D eigenvalue weighted by Crippen LogP contribution is 2.19. The van der Waals surface area contributed by atoms with Gasteiger partial charge in [-0.3, -0.25) is 10.6 Å². The largest absolute Gasteiger partial charge is 0.340 e. The molecular weight excluding hydrogens is 235 g/mol. The van der Waals surface area contributed by atoms with E-state index in [4.69, 9.17) is 5.84 Å². The van der Waals surface area contributed by atoms with Crippen molar-refractivity contribution in [3.63, 3.8) is 0 Å². The number of benzene rings is 1. The SMILES string of the molecule is CN(C)CCN(C)C(=O)c1cccc(F)c1NN. The third-order valence-electron chi connectivity index (χ3n) is 2.62. The molecule has 0 atom stereocenters. The molecule has 0 aliphatic carbocycles. The van der Waals surface area contributed by atoms with Gasteiger partial charge in [-0.1, -0.05) is 6.07 Å². The average molecular weight is 254 g/mol. The minimum absolute atomic E-state index is 0.0270. The molecule has 0 radical (unpaired) electrons. The number of amides is 1. The Balaban J connectivity index is 2.86. The molecule has 3 N–H and O–H groups in total. The van der Waals surface area contributed by atoms with Gasteiger partial charge in [-0.25, -0.2) is 4.39 Å². The Kier molecular flexibility index (Phi) is 5.06. The van der Waals surface area contributed by atoms with Crippen LogP contribution in [0.15, 0.2) is 18.2 Å². The van der Waals surface area contributed by atoms with E-state index in [1.165, 1.54) is 17.0 Å². The maximum atomic E-state index is 13.5. The zero-order valence-electron chi connectivity index (χ0n) is 10.9. The van der Waals surface area contributed by atoms with Crippen LogP contribution in [0.3, 0.4) is 0 Å². The Hall–Kier alpha value is -1.66. The number of halogens is 1. The first-order chi connectivity index (χ1) is 8.47. The third-order valence-corrected chi connectivity index (χ3v) is 2.62. The fourth-order valence-electron chi connectivity index (χ4n) is 1.51. The number of anilines is 1. The van der Waals surface area contributed by atoms with Gasteiger partial charge < -0.3 is 15.2 Å². The van der Waals surface area contributed by atoms with Crippen molar-refractivity contribution < 1.29 is 9.18 Å². The van der Waals surface area contributed by atoms with Gasteiger partial charge in [0, 0.05) is 20.1 Å². The highest BCUT2D eigenvalue weighted by atomic mass is 19.1. The van der Waals surface area contributed by atoms with Gasteiger partial charge in [0.2, 0.25) is 0 Å². The smallest absolute Gasteiger partial charge is 0.255 e. The van der Waals surface area contributed by atoms with Crippen molar-refractivity contribution >= 4 is 11.6 Å². The Bertz CT molecular complexity index is 423. The van der Waals surface area contributed by atoms with Crippen LogP contribution in [0.5, 0.6) is 0 Å². The molecule has 0 saturated carbocycles. The van der Waals surface area contributed by atoms with Gasteiger partial charge >= 0.3 is 0 Å². The summed E-state index contributed by atoms with van der Waals surface area (Å²) in [6, 6.07) is 4.29. The van der Waals surface area contributed by atoms with Crippen LogP contribution < -0.4 is 11.3 Å². The first-order valence-corrected chi connectivity index (χ1v) is 5.62. The Labute approximate surface area is 106 Å². The van der Waals surface area contributed by atoms with Gasteiger partial charge in [0.25, 0.3) is 5.91 Å². The molecule has 0 fully saturated rings. The molecule has 100 valence electrons. The highest BCUT2D eigenvalue weighted by molar-refractivity contribution is 5.99. The van der Waals surface area contributed by atoms with Gasteiger partial charge in [0.05, 0.1) is 11.3 Å². The van der Waals surface area contributed by atoms with Crippen molar-refractivity contribution in [2.24, 2.45) is 5.84 Å². The molecule has 0 aromatic heterocycles. The minimum atomic E-state index is -0.538. The summed E-state index contributed by atoms with van der Waals surface area (Å²) in [5.74, 6) is 4.45. The standard InChI is InChI=1S/C12H19FN4O/c1-16(2)7-8-17(3)12(18)9-5-4-6-10(13)11(9)15-14/h4-6,15H,7-8,14H2,1-3H3. The Morgan fingerprint density at radius 2 is 2.00 bits per heavy atom. The van der Waals surface area contributed by atoms with E-state index in [1.807, 2.05) is 19.0 Å². The number of nitrogens with zero attached hydrogens (tertiary/aromatic N) is 2. The maximum Gasteiger partial charge on any atom is 0.255 e. The topological polar surface area (TPSA) is 61.6 Å². The van der Waals surface area contributed by atoms with Crippen LogP contribution in [-0.4, -0.2) is 49.9 Å². The lowest BCUT2D eigenvalue weighted by Gasteiger charge is -2.21. The van der Waals surface area contributed by atoms with Crippen LogP contribution in [0.4, 0.5) is 10.1 Å². The Morgan fingerprint density at radius 3 is 2.56 bits per heavy atom. The van der Waals surface area contributed by atoms with Crippen molar-refractivity contribution in [2.45, 2.75) is 0 Å². The lowest BCUT2D eigenvalue weighted by molar-refractivity contribution is 0.0787. The zero-order valence-corrected chi connectivity index (χ0v) is 10.9. The highest BCUT2D eigenvalue weighted by Gasteiger charge is 2.17.